The van der Waals surface area contributed by atoms with E-state index < -0.39 is 0 Å². The van der Waals surface area contributed by atoms with E-state index in [1.54, 1.807) is 0 Å². The van der Waals surface area contributed by atoms with Gasteiger partial charge in [-0.15, -0.1) is 0 Å². The molecule has 0 saturated carbocycles. The van der Waals surface area contributed by atoms with Crippen LogP contribution in [0, 0.1) is 0 Å². The summed E-state index contributed by atoms with van der Waals surface area (Å²) < 4.78 is 1.24. The Balaban J connectivity index is 2.47. The molecule has 1 heterocycles. The first-order valence-corrected chi connectivity index (χ1v) is 11.5. The van der Waals surface area contributed by atoms with Gasteiger partial charge in [0.05, 0.1) is 52.7 Å². The Morgan fingerprint density at radius 3 is 1.74 bits per heavy atom. The lowest BCUT2D eigenvalue weighted by Crippen LogP contribution is -2.59. The minimum Gasteiger partial charge on any atom is -0.322 e. The van der Waals surface area contributed by atoms with Crippen molar-refractivity contribution in [3.63, 3.8) is 0 Å². The quantitative estimate of drug-likeness (QED) is 0.432. The van der Waals surface area contributed by atoms with Gasteiger partial charge >= 0.3 is 0 Å². The number of quaternary nitrogens is 1. The van der Waals surface area contributed by atoms with Gasteiger partial charge in [-0.2, -0.15) is 0 Å². The summed E-state index contributed by atoms with van der Waals surface area (Å²) in [7, 11) is 0. The first-order valence-electron chi connectivity index (χ1n) is 11.5. The van der Waals surface area contributed by atoms with E-state index in [9.17, 15) is 0 Å². The third-order valence-electron chi connectivity index (χ3n) is 6.71. The van der Waals surface area contributed by atoms with Crippen LogP contribution >= 0.6 is 0 Å². The van der Waals surface area contributed by atoms with Gasteiger partial charge in [-0.25, -0.2) is 0 Å². The van der Waals surface area contributed by atoms with Crippen molar-refractivity contribution in [1.29, 1.82) is 0 Å². The van der Waals surface area contributed by atoms with Crippen LogP contribution < -0.4 is 5.32 Å². The van der Waals surface area contributed by atoms with Crippen LogP contribution in [0.25, 0.3) is 0 Å². The van der Waals surface area contributed by atoms with E-state index in [0.29, 0.717) is 0 Å². The van der Waals surface area contributed by atoms with Crippen molar-refractivity contribution in [3.8, 4) is 0 Å². The second kappa shape index (κ2) is 13.9. The van der Waals surface area contributed by atoms with Crippen LogP contribution in [0.5, 0.6) is 0 Å². The zero-order valence-electron chi connectivity index (χ0n) is 19.3. The number of nitrogens with zero attached hydrogens (tertiary/aromatic N) is 5. The van der Waals surface area contributed by atoms with Gasteiger partial charge in [-0.3, -0.25) is 20.0 Å². The number of hydrogen-bond acceptors (Lipinski definition) is 5. The molecule has 0 aromatic heterocycles. The average Bonchev–Trinajstić information content (AvgIpc) is 2.72. The summed E-state index contributed by atoms with van der Waals surface area (Å²) in [5.74, 6) is 0. The predicted octanol–water partition coefficient (Wildman–Crippen LogP) is 1.61. The molecule has 1 aliphatic heterocycles. The van der Waals surface area contributed by atoms with Gasteiger partial charge in [0.15, 0.2) is 0 Å². The molecular weight excluding hydrogens is 336 g/mol. The first-order chi connectivity index (χ1) is 13.1. The fraction of sp³-hybridized carbons (Fsp3) is 1.00. The molecule has 1 rings (SSSR count). The first kappa shape index (κ1) is 24.8. The van der Waals surface area contributed by atoms with E-state index >= 15 is 0 Å². The average molecular weight is 386 g/mol. The number of likely N-dealkylation sites (N-methyl/N-ethyl adjacent to an activating group) is 3. The van der Waals surface area contributed by atoms with Crippen molar-refractivity contribution in [2.24, 2.45) is 0 Å². The van der Waals surface area contributed by atoms with Crippen LogP contribution in [0.15, 0.2) is 0 Å². The molecule has 162 valence electrons. The summed E-state index contributed by atoms with van der Waals surface area (Å²) in [4.78, 5) is 10.2. The molecular formula is C21H49N6+. The molecule has 0 unspecified atom stereocenters. The van der Waals surface area contributed by atoms with Crippen LogP contribution in [-0.4, -0.2) is 123 Å². The molecule has 1 fully saturated rings. The molecule has 0 aromatic carbocycles. The molecule has 0 aliphatic carbocycles. The van der Waals surface area contributed by atoms with Crippen molar-refractivity contribution >= 4 is 0 Å². The lowest BCUT2D eigenvalue weighted by atomic mass is 10.3. The Bertz CT molecular complexity index is 353. The molecule has 1 N–H and O–H groups in total. The minimum atomic E-state index is 1.03. The highest BCUT2D eigenvalue weighted by atomic mass is 15.5. The van der Waals surface area contributed by atoms with Gasteiger partial charge in [0, 0.05) is 19.6 Å². The third-order valence-corrected chi connectivity index (χ3v) is 6.71. The zero-order chi connectivity index (χ0) is 20.1. The molecule has 1 saturated heterocycles. The van der Waals surface area contributed by atoms with Crippen LogP contribution in [0.4, 0.5) is 0 Å². The van der Waals surface area contributed by atoms with E-state index in [2.05, 4.69) is 66.5 Å². The Hall–Kier alpha value is -0.240. The molecule has 27 heavy (non-hydrogen) atoms. The molecule has 0 amide bonds. The van der Waals surface area contributed by atoms with Gasteiger partial charge in [0.25, 0.3) is 0 Å². The molecule has 6 nitrogen and oxygen atoms in total. The van der Waals surface area contributed by atoms with Gasteiger partial charge < -0.3 is 9.38 Å². The fourth-order valence-corrected chi connectivity index (χ4v) is 4.09. The summed E-state index contributed by atoms with van der Waals surface area (Å²) in [6.45, 7) is 31.4. The van der Waals surface area contributed by atoms with Gasteiger partial charge in [0.2, 0.25) is 0 Å². The standard InChI is InChI=1S/C21H49N6/c1-7-23(8-2)13-14-25-19-22-20-26(21-25)16-18-27(11-5,12-6)17-15-24(9-3)10-4/h22H,7-21H2,1-6H3/q+1. The van der Waals surface area contributed by atoms with E-state index in [4.69, 9.17) is 0 Å². The van der Waals surface area contributed by atoms with E-state index in [0.717, 1.165) is 39.6 Å². The predicted molar refractivity (Wildman–Crippen MR) is 118 cm³/mol. The largest absolute Gasteiger partial charge is 0.322 e. The second-order valence-corrected chi connectivity index (χ2v) is 7.97. The van der Waals surface area contributed by atoms with Crippen molar-refractivity contribution in [1.82, 2.24) is 24.9 Å². The SMILES string of the molecule is CCN(CC)CCN1CNCN(CC[N+](CC)(CC)CCN(CC)CC)C1. The Kier molecular flexibility index (Phi) is 12.7. The van der Waals surface area contributed by atoms with Crippen molar-refractivity contribution in [2.45, 2.75) is 41.5 Å². The van der Waals surface area contributed by atoms with Crippen molar-refractivity contribution in [3.05, 3.63) is 0 Å². The lowest BCUT2D eigenvalue weighted by molar-refractivity contribution is -0.924. The molecule has 0 atom stereocenters. The van der Waals surface area contributed by atoms with Crippen LogP contribution in [0.3, 0.4) is 0 Å². The van der Waals surface area contributed by atoms with Crippen LogP contribution in [-0.2, 0) is 0 Å². The topological polar surface area (TPSA) is 25.0 Å². The second-order valence-electron chi connectivity index (χ2n) is 7.97. The van der Waals surface area contributed by atoms with Crippen LogP contribution in [0.2, 0.25) is 0 Å². The molecule has 0 bridgehead atoms. The Morgan fingerprint density at radius 1 is 0.704 bits per heavy atom. The highest BCUT2D eigenvalue weighted by Gasteiger charge is 2.26. The summed E-state index contributed by atoms with van der Waals surface area (Å²) in [5.41, 5.74) is 0. The highest BCUT2D eigenvalue weighted by molar-refractivity contribution is 4.68. The number of rotatable bonds is 15. The molecule has 6 heteroatoms. The fourth-order valence-electron chi connectivity index (χ4n) is 4.09. The highest BCUT2D eigenvalue weighted by Crippen LogP contribution is 2.09. The lowest BCUT2D eigenvalue weighted by Gasteiger charge is -2.42. The Morgan fingerprint density at radius 2 is 1.22 bits per heavy atom. The Labute approximate surface area is 170 Å². The zero-order valence-corrected chi connectivity index (χ0v) is 19.3. The van der Waals surface area contributed by atoms with Crippen LogP contribution in [0.1, 0.15) is 41.5 Å². The van der Waals surface area contributed by atoms with Gasteiger partial charge in [-0.05, 0) is 40.0 Å². The van der Waals surface area contributed by atoms with E-state index in [1.165, 1.54) is 63.4 Å². The van der Waals surface area contributed by atoms with Gasteiger partial charge in [-0.1, -0.05) is 27.7 Å². The smallest absolute Gasteiger partial charge is 0.0917 e. The number of nitrogens with one attached hydrogen (secondary N) is 1. The summed E-state index contributed by atoms with van der Waals surface area (Å²) in [6, 6.07) is 0. The van der Waals surface area contributed by atoms with E-state index in [-0.39, 0.29) is 0 Å². The van der Waals surface area contributed by atoms with Gasteiger partial charge in [0.1, 0.15) is 0 Å². The van der Waals surface area contributed by atoms with E-state index in [1.807, 2.05) is 0 Å². The van der Waals surface area contributed by atoms with Crippen molar-refractivity contribution < 1.29 is 4.48 Å². The number of hydrogen-bond donors (Lipinski definition) is 1. The minimum absolute atomic E-state index is 1.03. The monoisotopic (exact) mass is 385 g/mol. The molecule has 1 aliphatic rings. The summed E-state index contributed by atoms with van der Waals surface area (Å²) >= 11 is 0. The van der Waals surface area contributed by atoms with Crippen molar-refractivity contribution in [2.75, 3.05) is 98.5 Å². The molecule has 0 aromatic rings. The maximum absolute atomic E-state index is 3.60. The molecule has 0 spiro atoms. The normalized spacial score (nSPS) is 17.3. The summed E-state index contributed by atoms with van der Waals surface area (Å²) in [6.07, 6.45) is 0. The maximum Gasteiger partial charge on any atom is 0.0917 e. The third kappa shape index (κ3) is 8.75. The maximum atomic E-state index is 3.60. The summed E-state index contributed by atoms with van der Waals surface area (Å²) in [5, 5.41) is 3.60. The molecule has 0 radical (unpaired) electrons.